The SMILES string of the molecule is CC(Sc1nc2sccc2c(=O)n1C)C(=O)Nc1ccccc1C(F)(F)F. The number of aromatic nitrogens is 2. The lowest BCUT2D eigenvalue weighted by Crippen LogP contribution is -2.26. The summed E-state index contributed by atoms with van der Waals surface area (Å²) in [7, 11) is 1.54. The zero-order valence-corrected chi connectivity index (χ0v) is 15.8. The molecule has 5 nitrogen and oxygen atoms in total. The van der Waals surface area contributed by atoms with Gasteiger partial charge in [-0.25, -0.2) is 4.98 Å². The molecule has 0 saturated heterocycles. The number of nitrogens with zero attached hydrogens (tertiary/aromatic N) is 2. The Hall–Kier alpha value is -2.33. The van der Waals surface area contributed by atoms with Gasteiger partial charge in [-0.3, -0.25) is 14.2 Å². The number of carbonyl (C=O) groups is 1. The monoisotopic (exact) mass is 413 g/mol. The zero-order chi connectivity index (χ0) is 19.8. The highest BCUT2D eigenvalue weighted by Crippen LogP contribution is 2.35. The highest BCUT2D eigenvalue weighted by atomic mass is 32.2. The molecule has 10 heteroatoms. The van der Waals surface area contributed by atoms with Crippen LogP contribution in [0.1, 0.15) is 12.5 Å². The Balaban J connectivity index is 1.82. The summed E-state index contributed by atoms with van der Waals surface area (Å²) < 4.78 is 40.5. The number of alkyl halides is 3. The van der Waals surface area contributed by atoms with Crippen LogP contribution in [0.3, 0.4) is 0 Å². The van der Waals surface area contributed by atoms with Crippen LogP contribution in [0.2, 0.25) is 0 Å². The molecular formula is C17H14F3N3O2S2. The molecule has 1 aromatic carbocycles. The minimum absolute atomic E-state index is 0.237. The van der Waals surface area contributed by atoms with Crippen molar-refractivity contribution in [2.24, 2.45) is 7.05 Å². The molecule has 1 amide bonds. The topological polar surface area (TPSA) is 64.0 Å². The van der Waals surface area contributed by atoms with Crippen molar-refractivity contribution >= 4 is 44.9 Å². The Kier molecular flexibility index (Phi) is 5.29. The van der Waals surface area contributed by atoms with Crippen molar-refractivity contribution in [1.82, 2.24) is 9.55 Å². The lowest BCUT2D eigenvalue weighted by molar-refractivity contribution is -0.137. The van der Waals surface area contributed by atoms with E-state index in [9.17, 15) is 22.8 Å². The molecule has 2 heterocycles. The highest BCUT2D eigenvalue weighted by Gasteiger charge is 2.34. The summed E-state index contributed by atoms with van der Waals surface area (Å²) in [5.74, 6) is -0.614. The lowest BCUT2D eigenvalue weighted by Gasteiger charge is -2.16. The van der Waals surface area contributed by atoms with Gasteiger partial charge in [-0.2, -0.15) is 13.2 Å². The molecule has 2 aromatic heterocycles. The van der Waals surface area contributed by atoms with Gasteiger partial charge in [-0.1, -0.05) is 23.9 Å². The number of halogens is 3. The van der Waals surface area contributed by atoms with E-state index in [1.54, 1.807) is 25.4 Å². The normalized spacial score (nSPS) is 12.9. The molecule has 0 radical (unpaired) electrons. The van der Waals surface area contributed by atoms with Crippen LogP contribution in [0.25, 0.3) is 10.2 Å². The molecule has 0 fully saturated rings. The van der Waals surface area contributed by atoms with E-state index < -0.39 is 22.9 Å². The molecule has 0 aliphatic rings. The average Bonchev–Trinajstić information content (AvgIpc) is 3.07. The van der Waals surface area contributed by atoms with Crippen molar-refractivity contribution in [3.8, 4) is 0 Å². The number of thioether (sulfide) groups is 1. The van der Waals surface area contributed by atoms with Gasteiger partial charge in [0.2, 0.25) is 5.91 Å². The molecule has 1 N–H and O–H groups in total. The molecule has 3 rings (SSSR count). The van der Waals surface area contributed by atoms with Crippen molar-refractivity contribution in [2.45, 2.75) is 23.5 Å². The second-order valence-electron chi connectivity index (χ2n) is 5.69. The molecule has 0 aliphatic carbocycles. The maximum Gasteiger partial charge on any atom is 0.418 e. The van der Waals surface area contributed by atoms with E-state index in [4.69, 9.17) is 0 Å². The molecule has 0 bridgehead atoms. The van der Waals surface area contributed by atoms with E-state index in [1.807, 2.05) is 0 Å². The van der Waals surface area contributed by atoms with Crippen molar-refractivity contribution in [1.29, 1.82) is 0 Å². The number of fused-ring (bicyclic) bond motifs is 1. The van der Waals surface area contributed by atoms with E-state index in [1.165, 1.54) is 34.1 Å². The summed E-state index contributed by atoms with van der Waals surface area (Å²) in [5.41, 5.74) is -1.46. The molecule has 0 aliphatic heterocycles. The van der Waals surface area contributed by atoms with Gasteiger partial charge < -0.3 is 5.32 Å². The first-order valence-electron chi connectivity index (χ1n) is 7.76. The molecule has 1 atom stereocenters. The van der Waals surface area contributed by atoms with Crippen molar-refractivity contribution < 1.29 is 18.0 Å². The van der Waals surface area contributed by atoms with Gasteiger partial charge in [0.05, 0.1) is 21.9 Å². The first kappa shape index (κ1) is 19.4. The lowest BCUT2D eigenvalue weighted by atomic mass is 10.1. The summed E-state index contributed by atoms with van der Waals surface area (Å²) in [4.78, 5) is 29.6. The third-order valence-electron chi connectivity index (χ3n) is 3.81. The van der Waals surface area contributed by atoms with Crippen LogP contribution in [0.5, 0.6) is 0 Å². The number of benzene rings is 1. The minimum atomic E-state index is -4.57. The Morgan fingerprint density at radius 3 is 2.70 bits per heavy atom. The first-order chi connectivity index (χ1) is 12.7. The predicted octanol–water partition coefficient (Wildman–Crippen LogP) is 4.13. The fourth-order valence-electron chi connectivity index (χ4n) is 2.37. The number of nitrogens with one attached hydrogen (secondary N) is 1. The quantitative estimate of drug-likeness (QED) is 0.516. The fourth-order valence-corrected chi connectivity index (χ4v) is 4.05. The van der Waals surface area contributed by atoms with Crippen LogP contribution in [0.4, 0.5) is 18.9 Å². The molecule has 0 saturated carbocycles. The molecular weight excluding hydrogens is 399 g/mol. The second kappa shape index (κ2) is 7.35. The second-order valence-corrected chi connectivity index (χ2v) is 7.89. The van der Waals surface area contributed by atoms with E-state index in [-0.39, 0.29) is 11.2 Å². The van der Waals surface area contributed by atoms with E-state index in [2.05, 4.69) is 10.3 Å². The van der Waals surface area contributed by atoms with Crippen LogP contribution in [0.15, 0.2) is 45.7 Å². The van der Waals surface area contributed by atoms with Gasteiger partial charge >= 0.3 is 6.18 Å². The molecule has 3 aromatic rings. The fraction of sp³-hybridized carbons (Fsp3) is 0.235. The van der Waals surface area contributed by atoms with Crippen LogP contribution >= 0.6 is 23.1 Å². The van der Waals surface area contributed by atoms with Crippen molar-refractivity contribution in [3.05, 3.63) is 51.6 Å². The Morgan fingerprint density at radius 1 is 1.30 bits per heavy atom. The minimum Gasteiger partial charge on any atom is -0.325 e. The maximum absolute atomic E-state index is 13.1. The van der Waals surface area contributed by atoms with E-state index >= 15 is 0 Å². The van der Waals surface area contributed by atoms with Gasteiger partial charge in [0.1, 0.15) is 4.83 Å². The first-order valence-corrected chi connectivity index (χ1v) is 9.52. The number of hydrogen-bond donors (Lipinski definition) is 1. The van der Waals surface area contributed by atoms with Crippen LogP contribution in [-0.4, -0.2) is 20.7 Å². The molecule has 0 spiro atoms. The third kappa shape index (κ3) is 4.01. The summed E-state index contributed by atoms with van der Waals surface area (Å²) in [6.45, 7) is 1.54. The van der Waals surface area contributed by atoms with Gasteiger partial charge in [0, 0.05) is 7.05 Å². The van der Waals surface area contributed by atoms with Crippen LogP contribution < -0.4 is 10.9 Å². The number of hydrogen-bond acceptors (Lipinski definition) is 5. The summed E-state index contributed by atoms with van der Waals surface area (Å²) in [6, 6.07) is 6.45. The number of carbonyl (C=O) groups excluding carboxylic acids is 1. The Labute approximate surface area is 160 Å². The Bertz CT molecular complexity index is 1060. The van der Waals surface area contributed by atoms with Crippen molar-refractivity contribution in [2.75, 3.05) is 5.32 Å². The summed E-state index contributed by atoms with van der Waals surface area (Å²) in [5, 5.41) is 4.11. The number of rotatable bonds is 4. The zero-order valence-electron chi connectivity index (χ0n) is 14.2. The van der Waals surface area contributed by atoms with Gasteiger partial charge in [0.25, 0.3) is 5.56 Å². The average molecular weight is 413 g/mol. The predicted molar refractivity (Wildman–Crippen MR) is 100 cm³/mol. The molecule has 27 heavy (non-hydrogen) atoms. The van der Waals surface area contributed by atoms with Crippen molar-refractivity contribution in [3.63, 3.8) is 0 Å². The number of anilines is 1. The molecule has 1 unspecified atom stereocenters. The largest absolute Gasteiger partial charge is 0.418 e. The highest BCUT2D eigenvalue weighted by molar-refractivity contribution is 8.00. The number of thiophene rings is 1. The van der Waals surface area contributed by atoms with Crippen LogP contribution in [0, 0.1) is 0 Å². The summed E-state index contributed by atoms with van der Waals surface area (Å²) in [6.07, 6.45) is -4.57. The maximum atomic E-state index is 13.1. The van der Waals surface area contributed by atoms with E-state index in [0.717, 1.165) is 17.8 Å². The smallest absolute Gasteiger partial charge is 0.325 e. The Morgan fingerprint density at radius 2 is 2.00 bits per heavy atom. The van der Waals surface area contributed by atoms with Gasteiger partial charge in [-0.15, -0.1) is 11.3 Å². The standard InChI is InChI=1S/C17H14F3N3O2S2/c1-9(13(24)21-12-6-4-3-5-11(12)17(18,19)20)27-16-22-14-10(7-8-26-14)15(25)23(16)2/h3-9H,1-2H3,(H,21,24). The number of amides is 1. The van der Waals surface area contributed by atoms with E-state index in [0.29, 0.717) is 15.4 Å². The molecule has 142 valence electrons. The van der Waals surface area contributed by atoms with Gasteiger partial charge in [-0.05, 0) is 30.5 Å². The third-order valence-corrected chi connectivity index (χ3v) is 5.76. The summed E-state index contributed by atoms with van der Waals surface area (Å²) >= 11 is 2.31. The van der Waals surface area contributed by atoms with Gasteiger partial charge in [0.15, 0.2) is 5.16 Å². The number of para-hydroxylation sites is 1. The van der Waals surface area contributed by atoms with Crippen LogP contribution in [-0.2, 0) is 18.0 Å².